The number of piperazine rings is 1. The van der Waals surface area contributed by atoms with Gasteiger partial charge in [-0.25, -0.2) is 4.68 Å². The van der Waals surface area contributed by atoms with Gasteiger partial charge in [0.1, 0.15) is 5.75 Å². The number of ether oxygens (including phenoxy) is 1. The van der Waals surface area contributed by atoms with Crippen molar-refractivity contribution in [2.75, 3.05) is 32.7 Å². The summed E-state index contributed by atoms with van der Waals surface area (Å²) < 4.78 is 7.54. The van der Waals surface area contributed by atoms with Gasteiger partial charge in [0.25, 0.3) is 11.5 Å². The Balaban J connectivity index is 1.29. The highest BCUT2D eigenvalue weighted by molar-refractivity contribution is 5.81. The Labute approximate surface area is 183 Å². The highest BCUT2D eigenvalue weighted by Crippen LogP contribution is 2.28. The van der Waals surface area contributed by atoms with Crippen molar-refractivity contribution in [3.05, 3.63) is 58.0 Å². The molecular formula is C24H32N4O3. The minimum absolute atomic E-state index is 0.0726. The van der Waals surface area contributed by atoms with Gasteiger partial charge in [0.05, 0.1) is 12.2 Å². The molecule has 1 aromatic heterocycles. The van der Waals surface area contributed by atoms with Crippen LogP contribution in [-0.2, 0) is 23.2 Å². The van der Waals surface area contributed by atoms with Gasteiger partial charge in [0, 0.05) is 44.2 Å². The SMILES string of the molecule is CC(C)(C)c1ccc(=O)n(CCN2CCN(C(=O)C3CCc4ccccc4O3)CC2)n1. The number of para-hydroxylation sites is 1. The van der Waals surface area contributed by atoms with Gasteiger partial charge in [-0.15, -0.1) is 0 Å². The average molecular weight is 425 g/mol. The summed E-state index contributed by atoms with van der Waals surface area (Å²) in [5, 5.41) is 4.55. The van der Waals surface area contributed by atoms with Crippen LogP contribution in [-0.4, -0.2) is 64.3 Å². The van der Waals surface area contributed by atoms with Crippen LogP contribution in [0.2, 0.25) is 0 Å². The lowest BCUT2D eigenvalue weighted by molar-refractivity contribution is -0.141. The first kappa shape index (κ1) is 21.6. The maximum atomic E-state index is 13.0. The number of carbonyl (C=O) groups excluding carboxylic acids is 1. The summed E-state index contributed by atoms with van der Waals surface area (Å²) in [5.41, 5.74) is 1.92. The molecule has 0 radical (unpaired) electrons. The number of fused-ring (bicyclic) bond motifs is 1. The van der Waals surface area contributed by atoms with E-state index in [0.717, 1.165) is 43.9 Å². The molecule has 1 unspecified atom stereocenters. The first-order valence-corrected chi connectivity index (χ1v) is 11.2. The molecule has 166 valence electrons. The molecule has 1 amide bonds. The van der Waals surface area contributed by atoms with E-state index < -0.39 is 0 Å². The zero-order chi connectivity index (χ0) is 22.0. The highest BCUT2D eigenvalue weighted by Gasteiger charge is 2.31. The number of aromatic nitrogens is 2. The van der Waals surface area contributed by atoms with Crippen LogP contribution in [0.4, 0.5) is 0 Å². The summed E-state index contributed by atoms with van der Waals surface area (Å²) in [4.78, 5) is 29.3. The van der Waals surface area contributed by atoms with Crippen molar-refractivity contribution in [3.8, 4) is 5.75 Å². The molecule has 31 heavy (non-hydrogen) atoms. The molecule has 2 aromatic rings. The lowest BCUT2D eigenvalue weighted by Gasteiger charge is -2.37. The summed E-state index contributed by atoms with van der Waals surface area (Å²) >= 11 is 0. The molecule has 0 aliphatic carbocycles. The predicted octanol–water partition coefficient (Wildman–Crippen LogP) is 2.08. The molecule has 0 saturated carbocycles. The number of aryl methyl sites for hydroxylation is 1. The first-order chi connectivity index (χ1) is 14.8. The smallest absolute Gasteiger partial charge is 0.266 e. The van der Waals surface area contributed by atoms with Crippen LogP contribution in [0.25, 0.3) is 0 Å². The van der Waals surface area contributed by atoms with Crippen molar-refractivity contribution in [1.82, 2.24) is 19.6 Å². The van der Waals surface area contributed by atoms with Crippen LogP contribution in [0, 0.1) is 0 Å². The molecule has 7 heteroatoms. The molecule has 1 fully saturated rings. The van der Waals surface area contributed by atoms with Crippen LogP contribution in [0.1, 0.15) is 38.4 Å². The minimum Gasteiger partial charge on any atom is -0.480 e. The van der Waals surface area contributed by atoms with E-state index in [-0.39, 0.29) is 23.0 Å². The monoisotopic (exact) mass is 424 g/mol. The second kappa shape index (κ2) is 8.83. The van der Waals surface area contributed by atoms with E-state index >= 15 is 0 Å². The minimum atomic E-state index is -0.385. The van der Waals surface area contributed by atoms with E-state index in [4.69, 9.17) is 4.74 Å². The van der Waals surface area contributed by atoms with Gasteiger partial charge < -0.3 is 9.64 Å². The standard InChI is InChI=1S/C24H32N4O3/c1-24(2,3)21-10-11-22(29)28(25-21)17-14-26-12-15-27(16-13-26)23(30)20-9-8-18-6-4-5-7-19(18)31-20/h4-7,10-11,20H,8-9,12-17H2,1-3H3. The normalized spacial score (nSPS) is 19.6. The van der Waals surface area contributed by atoms with E-state index in [1.54, 1.807) is 10.7 Å². The lowest BCUT2D eigenvalue weighted by Crippen LogP contribution is -2.53. The second-order valence-corrected chi connectivity index (χ2v) is 9.45. The van der Waals surface area contributed by atoms with Gasteiger partial charge in [-0.2, -0.15) is 5.10 Å². The van der Waals surface area contributed by atoms with Crippen molar-refractivity contribution >= 4 is 5.91 Å². The van der Waals surface area contributed by atoms with E-state index in [2.05, 4.69) is 36.8 Å². The Morgan fingerprint density at radius 2 is 1.81 bits per heavy atom. The molecule has 4 rings (SSSR count). The molecule has 0 spiro atoms. The number of carbonyl (C=O) groups is 1. The third kappa shape index (κ3) is 4.98. The highest BCUT2D eigenvalue weighted by atomic mass is 16.5. The Morgan fingerprint density at radius 3 is 2.55 bits per heavy atom. The van der Waals surface area contributed by atoms with Crippen LogP contribution in [0.15, 0.2) is 41.2 Å². The third-order valence-corrected chi connectivity index (χ3v) is 6.14. The van der Waals surface area contributed by atoms with Crippen molar-refractivity contribution in [2.24, 2.45) is 0 Å². The molecule has 0 N–H and O–H groups in total. The van der Waals surface area contributed by atoms with E-state index in [1.807, 2.05) is 29.2 Å². The molecule has 3 heterocycles. The van der Waals surface area contributed by atoms with E-state index in [0.29, 0.717) is 19.6 Å². The molecule has 7 nitrogen and oxygen atoms in total. The fourth-order valence-corrected chi connectivity index (χ4v) is 4.14. The maximum Gasteiger partial charge on any atom is 0.266 e. The fourth-order valence-electron chi connectivity index (χ4n) is 4.14. The summed E-state index contributed by atoms with van der Waals surface area (Å²) in [6, 6.07) is 11.4. The number of amides is 1. The van der Waals surface area contributed by atoms with Crippen molar-refractivity contribution in [3.63, 3.8) is 0 Å². The maximum absolute atomic E-state index is 13.0. The Kier molecular flexibility index (Phi) is 6.14. The summed E-state index contributed by atoms with van der Waals surface area (Å²) in [6.45, 7) is 10.5. The number of rotatable bonds is 4. The van der Waals surface area contributed by atoms with Crippen LogP contribution >= 0.6 is 0 Å². The molecule has 2 aliphatic rings. The molecule has 1 atom stereocenters. The van der Waals surface area contributed by atoms with Crippen molar-refractivity contribution in [1.29, 1.82) is 0 Å². The number of benzene rings is 1. The number of nitrogens with zero attached hydrogens (tertiary/aromatic N) is 4. The fraction of sp³-hybridized carbons (Fsp3) is 0.542. The van der Waals surface area contributed by atoms with Crippen molar-refractivity contribution < 1.29 is 9.53 Å². The number of hydrogen-bond donors (Lipinski definition) is 0. The largest absolute Gasteiger partial charge is 0.480 e. The molecule has 1 aromatic carbocycles. The van der Waals surface area contributed by atoms with Gasteiger partial charge in [-0.1, -0.05) is 39.0 Å². The Morgan fingerprint density at radius 1 is 1.06 bits per heavy atom. The van der Waals surface area contributed by atoms with Gasteiger partial charge in [0.15, 0.2) is 6.10 Å². The first-order valence-electron chi connectivity index (χ1n) is 11.2. The summed E-state index contributed by atoms with van der Waals surface area (Å²) in [7, 11) is 0. The Bertz CT molecular complexity index is 987. The van der Waals surface area contributed by atoms with Crippen LogP contribution in [0.5, 0.6) is 5.75 Å². The van der Waals surface area contributed by atoms with Gasteiger partial charge in [-0.3, -0.25) is 14.5 Å². The van der Waals surface area contributed by atoms with Crippen molar-refractivity contribution in [2.45, 2.75) is 51.7 Å². The predicted molar refractivity (Wildman–Crippen MR) is 119 cm³/mol. The molecule has 0 bridgehead atoms. The van der Waals surface area contributed by atoms with Gasteiger partial charge in [-0.05, 0) is 30.5 Å². The summed E-state index contributed by atoms with van der Waals surface area (Å²) in [6.07, 6.45) is 1.22. The quantitative estimate of drug-likeness (QED) is 0.752. The van der Waals surface area contributed by atoms with Gasteiger partial charge in [0.2, 0.25) is 0 Å². The number of hydrogen-bond acceptors (Lipinski definition) is 5. The van der Waals surface area contributed by atoms with E-state index in [9.17, 15) is 9.59 Å². The summed E-state index contributed by atoms with van der Waals surface area (Å²) in [5.74, 6) is 0.922. The van der Waals surface area contributed by atoms with E-state index in [1.165, 1.54) is 5.56 Å². The lowest BCUT2D eigenvalue weighted by atomic mass is 9.92. The zero-order valence-corrected chi connectivity index (χ0v) is 18.7. The molecule has 2 aliphatic heterocycles. The molecule has 1 saturated heterocycles. The van der Waals surface area contributed by atoms with Crippen LogP contribution in [0.3, 0.4) is 0 Å². The molecular weight excluding hydrogens is 392 g/mol. The third-order valence-electron chi connectivity index (χ3n) is 6.14. The Hall–Kier alpha value is -2.67. The topological polar surface area (TPSA) is 67.7 Å². The van der Waals surface area contributed by atoms with Gasteiger partial charge >= 0.3 is 0 Å². The zero-order valence-electron chi connectivity index (χ0n) is 18.7. The second-order valence-electron chi connectivity index (χ2n) is 9.45. The van der Waals surface area contributed by atoms with Crippen LogP contribution < -0.4 is 10.3 Å². The average Bonchev–Trinajstić information content (AvgIpc) is 2.77.